The van der Waals surface area contributed by atoms with Crippen molar-refractivity contribution in [3.63, 3.8) is 0 Å². The number of primary amides is 1. The van der Waals surface area contributed by atoms with E-state index in [0.29, 0.717) is 6.61 Å². The summed E-state index contributed by atoms with van der Waals surface area (Å²) < 4.78 is 5.03. The van der Waals surface area contributed by atoms with Crippen molar-refractivity contribution in [2.75, 3.05) is 6.61 Å². The highest BCUT2D eigenvalue weighted by Crippen LogP contribution is 2.05. The molecule has 0 heterocycles. The molecule has 1 unspecified atom stereocenters. The molecule has 4 N–H and O–H groups in total. The summed E-state index contributed by atoms with van der Waals surface area (Å²) in [4.78, 5) is 21.9. The maximum Gasteiger partial charge on any atom is 0.322 e. The average molecular weight is 258 g/mol. The first kappa shape index (κ1) is 16.9. The number of ether oxygens (including phenoxy) is 1. The highest BCUT2D eigenvalue weighted by atomic mass is 16.5. The van der Waals surface area contributed by atoms with Crippen LogP contribution in [0.4, 0.5) is 0 Å². The molecule has 0 aliphatic rings. The molecule has 0 aliphatic carbocycles. The monoisotopic (exact) mass is 258 g/mol. The van der Waals surface area contributed by atoms with Crippen LogP contribution in [0.25, 0.3) is 0 Å². The lowest BCUT2D eigenvalue weighted by molar-refractivity contribution is -0.145. The van der Waals surface area contributed by atoms with E-state index in [9.17, 15) is 9.59 Å². The lowest BCUT2D eigenvalue weighted by atomic mass is 10.1. The van der Waals surface area contributed by atoms with Crippen LogP contribution in [-0.2, 0) is 14.3 Å². The van der Waals surface area contributed by atoms with Gasteiger partial charge in [-0.1, -0.05) is 39.0 Å². The van der Waals surface area contributed by atoms with Crippen molar-refractivity contribution in [2.24, 2.45) is 11.5 Å². The average Bonchev–Trinajstić information content (AvgIpc) is 2.34. The third-order valence-electron chi connectivity index (χ3n) is 2.75. The van der Waals surface area contributed by atoms with E-state index < -0.39 is 17.9 Å². The Labute approximate surface area is 109 Å². The Morgan fingerprint density at radius 3 is 2.33 bits per heavy atom. The lowest BCUT2D eigenvalue weighted by Gasteiger charge is -2.10. The van der Waals surface area contributed by atoms with Crippen LogP contribution in [0.5, 0.6) is 0 Å². The number of nitrogens with two attached hydrogens (primary N) is 2. The Morgan fingerprint density at radius 1 is 1.11 bits per heavy atom. The van der Waals surface area contributed by atoms with E-state index in [0.717, 1.165) is 12.8 Å². The Hall–Kier alpha value is -1.10. The largest absolute Gasteiger partial charge is 0.465 e. The molecule has 1 atom stereocenters. The maximum absolute atomic E-state index is 11.4. The second-order valence-electron chi connectivity index (χ2n) is 4.55. The Morgan fingerprint density at radius 2 is 1.72 bits per heavy atom. The lowest BCUT2D eigenvalue weighted by Crippen LogP contribution is -2.33. The van der Waals surface area contributed by atoms with Crippen molar-refractivity contribution >= 4 is 11.9 Å². The smallest absolute Gasteiger partial charge is 0.322 e. The molecule has 5 heteroatoms. The number of esters is 1. The predicted octanol–water partition coefficient (Wildman–Crippen LogP) is 1.48. The minimum atomic E-state index is -0.738. The summed E-state index contributed by atoms with van der Waals surface area (Å²) in [5, 5.41) is 0. The molecular formula is C13H26N2O3. The molecule has 106 valence electrons. The van der Waals surface area contributed by atoms with Gasteiger partial charge in [0, 0.05) is 6.42 Å². The number of carbonyl (C=O) groups is 2. The van der Waals surface area contributed by atoms with Gasteiger partial charge in [0.05, 0.1) is 6.61 Å². The molecule has 0 rings (SSSR count). The SMILES string of the molecule is CCCCCCCCOC(=O)C(N)CCC(N)=O. The zero-order valence-electron chi connectivity index (χ0n) is 11.3. The van der Waals surface area contributed by atoms with Crippen LogP contribution in [0.1, 0.15) is 58.3 Å². The van der Waals surface area contributed by atoms with Crippen LogP contribution in [-0.4, -0.2) is 24.5 Å². The molecule has 0 saturated heterocycles. The highest BCUT2D eigenvalue weighted by molar-refractivity contribution is 5.78. The molecule has 5 nitrogen and oxygen atoms in total. The molecule has 0 radical (unpaired) electrons. The first-order chi connectivity index (χ1) is 8.57. The first-order valence-corrected chi connectivity index (χ1v) is 6.78. The van der Waals surface area contributed by atoms with Gasteiger partial charge >= 0.3 is 5.97 Å². The Bertz CT molecular complexity index is 244. The zero-order chi connectivity index (χ0) is 13.8. The van der Waals surface area contributed by atoms with Crippen molar-refractivity contribution in [3.05, 3.63) is 0 Å². The van der Waals surface area contributed by atoms with Crippen LogP contribution in [0, 0.1) is 0 Å². The fraction of sp³-hybridized carbons (Fsp3) is 0.846. The molecular weight excluding hydrogens is 232 g/mol. The third-order valence-corrected chi connectivity index (χ3v) is 2.75. The van der Waals surface area contributed by atoms with Crippen LogP contribution < -0.4 is 11.5 Å². The van der Waals surface area contributed by atoms with E-state index in [-0.39, 0.29) is 12.8 Å². The standard InChI is InChI=1S/C13H26N2O3/c1-2-3-4-5-6-7-10-18-13(17)11(14)8-9-12(15)16/h11H,2-10,14H2,1H3,(H2,15,16). The summed E-state index contributed by atoms with van der Waals surface area (Å²) in [5.41, 5.74) is 10.5. The van der Waals surface area contributed by atoms with E-state index in [1.165, 1.54) is 25.7 Å². The van der Waals surface area contributed by atoms with E-state index in [1.54, 1.807) is 0 Å². The molecule has 0 saturated carbocycles. The molecule has 0 aliphatic heterocycles. The molecule has 0 aromatic carbocycles. The van der Waals surface area contributed by atoms with Gasteiger partial charge in [-0.2, -0.15) is 0 Å². The number of rotatable bonds is 11. The second-order valence-corrected chi connectivity index (χ2v) is 4.55. The quantitative estimate of drug-likeness (QED) is 0.433. The number of hydrogen-bond acceptors (Lipinski definition) is 4. The van der Waals surface area contributed by atoms with Crippen molar-refractivity contribution in [3.8, 4) is 0 Å². The van der Waals surface area contributed by atoms with Gasteiger partial charge < -0.3 is 16.2 Å². The summed E-state index contributed by atoms with van der Waals surface area (Å²) >= 11 is 0. The van der Waals surface area contributed by atoms with Gasteiger partial charge in [0.15, 0.2) is 0 Å². The molecule has 0 aromatic heterocycles. The van der Waals surface area contributed by atoms with Crippen LogP contribution in [0.15, 0.2) is 0 Å². The normalized spacial score (nSPS) is 12.1. The summed E-state index contributed by atoms with van der Waals surface area (Å²) in [6, 6.07) is -0.738. The van der Waals surface area contributed by atoms with E-state index in [2.05, 4.69) is 6.92 Å². The van der Waals surface area contributed by atoms with Crippen molar-refractivity contribution < 1.29 is 14.3 Å². The van der Waals surface area contributed by atoms with Crippen LogP contribution in [0.2, 0.25) is 0 Å². The summed E-state index contributed by atoms with van der Waals surface area (Å²) in [7, 11) is 0. The van der Waals surface area contributed by atoms with Gasteiger partial charge in [0.2, 0.25) is 5.91 Å². The van der Waals surface area contributed by atoms with E-state index in [4.69, 9.17) is 16.2 Å². The summed E-state index contributed by atoms with van der Waals surface area (Å²) in [6.07, 6.45) is 7.23. The predicted molar refractivity (Wildman–Crippen MR) is 70.7 cm³/mol. The van der Waals surface area contributed by atoms with Gasteiger partial charge in [-0.25, -0.2) is 0 Å². The molecule has 1 amide bonds. The van der Waals surface area contributed by atoms with Gasteiger partial charge in [-0.15, -0.1) is 0 Å². The van der Waals surface area contributed by atoms with Gasteiger partial charge in [0.25, 0.3) is 0 Å². The fourth-order valence-electron chi connectivity index (χ4n) is 1.58. The maximum atomic E-state index is 11.4. The molecule has 0 aromatic rings. The van der Waals surface area contributed by atoms with E-state index in [1.807, 2.05) is 0 Å². The van der Waals surface area contributed by atoms with E-state index >= 15 is 0 Å². The van der Waals surface area contributed by atoms with Gasteiger partial charge in [0.1, 0.15) is 6.04 Å². The topological polar surface area (TPSA) is 95.4 Å². The van der Waals surface area contributed by atoms with Crippen LogP contribution in [0.3, 0.4) is 0 Å². The molecule has 0 fully saturated rings. The number of hydrogen-bond donors (Lipinski definition) is 2. The molecule has 18 heavy (non-hydrogen) atoms. The fourth-order valence-corrected chi connectivity index (χ4v) is 1.58. The zero-order valence-corrected chi connectivity index (χ0v) is 11.3. The number of amides is 1. The molecule has 0 spiro atoms. The first-order valence-electron chi connectivity index (χ1n) is 6.78. The van der Waals surface area contributed by atoms with Crippen LogP contribution >= 0.6 is 0 Å². The highest BCUT2D eigenvalue weighted by Gasteiger charge is 2.15. The summed E-state index contributed by atoms with van der Waals surface area (Å²) in [6.45, 7) is 2.59. The minimum absolute atomic E-state index is 0.118. The van der Waals surface area contributed by atoms with Crippen molar-refractivity contribution in [2.45, 2.75) is 64.3 Å². The minimum Gasteiger partial charge on any atom is -0.465 e. The Balaban J connectivity index is 3.43. The van der Waals surface area contributed by atoms with Gasteiger partial charge in [-0.3, -0.25) is 9.59 Å². The van der Waals surface area contributed by atoms with Gasteiger partial charge in [-0.05, 0) is 12.8 Å². The molecule has 0 bridgehead atoms. The van der Waals surface area contributed by atoms with Crippen molar-refractivity contribution in [1.29, 1.82) is 0 Å². The summed E-state index contributed by atoms with van der Waals surface area (Å²) in [5.74, 6) is -0.890. The second kappa shape index (κ2) is 11.0. The number of unbranched alkanes of at least 4 members (excludes halogenated alkanes) is 5. The Kier molecular flexibility index (Phi) is 10.3. The van der Waals surface area contributed by atoms with Crippen molar-refractivity contribution in [1.82, 2.24) is 0 Å². The third kappa shape index (κ3) is 10.1. The number of carbonyl (C=O) groups excluding carboxylic acids is 2.